The third-order valence-electron chi connectivity index (χ3n) is 3.58. The lowest BCUT2D eigenvalue weighted by molar-refractivity contribution is -0.121. The van der Waals surface area contributed by atoms with E-state index in [2.05, 4.69) is 52.8 Å². The van der Waals surface area contributed by atoms with Crippen molar-refractivity contribution in [1.29, 1.82) is 0 Å². The number of rotatable bonds is 6. The van der Waals surface area contributed by atoms with E-state index in [4.69, 9.17) is 12.2 Å². The molecule has 1 aromatic heterocycles. The van der Waals surface area contributed by atoms with Gasteiger partial charge in [0, 0.05) is 31.2 Å². The highest BCUT2D eigenvalue weighted by Crippen LogP contribution is 2.15. The van der Waals surface area contributed by atoms with Crippen LogP contribution in [0.1, 0.15) is 26.7 Å². The van der Waals surface area contributed by atoms with Gasteiger partial charge in [0.2, 0.25) is 5.91 Å². The Bertz CT molecular complexity index is 665. The molecule has 0 aliphatic carbocycles. The molecule has 2 rings (SSSR count). The molecule has 23 heavy (non-hydrogen) atoms. The lowest BCUT2D eigenvalue weighted by Crippen LogP contribution is -2.47. The summed E-state index contributed by atoms with van der Waals surface area (Å²) < 4.78 is 2.08. The Balaban J connectivity index is 1.70. The van der Waals surface area contributed by atoms with E-state index in [1.165, 1.54) is 5.39 Å². The zero-order valence-electron chi connectivity index (χ0n) is 13.6. The molecule has 3 N–H and O–H groups in total. The first-order chi connectivity index (χ1) is 11.1. The van der Waals surface area contributed by atoms with Crippen molar-refractivity contribution in [2.45, 2.75) is 33.2 Å². The van der Waals surface area contributed by atoms with Gasteiger partial charge in [-0.3, -0.25) is 15.6 Å². The number of nitrogens with one attached hydrogen (secondary N) is 3. The fourth-order valence-electron chi connectivity index (χ4n) is 2.27. The summed E-state index contributed by atoms with van der Waals surface area (Å²) in [6, 6.07) is 10.2. The molecule has 0 aliphatic rings. The van der Waals surface area contributed by atoms with Gasteiger partial charge in [-0.05, 0) is 42.1 Å². The van der Waals surface area contributed by atoms with Crippen LogP contribution in [0.3, 0.4) is 0 Å². The van der Waals surface area contributed by atoms with Crippen LogP contribution in [0.15, 0.2) is 36.5 Å². The third kappa shape index (κ3) is 5.56. The lowest BCUT2D eigenvalue weighted by atomic mass is 10.1. The second-order valence-electron chi connectivity index (χ2n) is 5.93. The summed E-state index contributed by atoms with van der Waals surface area (Å²) in [6.45, 7) is 5.75. The molecular weight excluding hydrogens is 308 g/mol. The van der Waals surface area contributed by atoms with Gasteiger partial charge in [-0.2, -0.15) is 0 Å². The second-order valence-corrected chi connectivity index (χ2v) is 6.34. The smallest absolute Gasteiger partial charge is 0.240 e. The van der Waals surface area contributed by atoms with E-state index in [9.17, 15) is 4.79 Å². The van der Waals surface area contributed by atoms with Crippen LogP contribution >= 0.6 is 12.2 Å². The number of hydrazine groups is 1. The fraction of sp³-hybridized carbons (Fsp3) is 0.412. The molecule has 0 aliphatic heterocycles. The number of carbonyl (C=O) groups excluding carboxylic acids is 1. The van der Waals surface area contributed by atoms with Crippen molar-refractivity contribution in [3.8, 4) is 0 Å². The Hall–Kier alpha value is -2.08. The highest BCUT2D eigenvalue weighted by molar-refractivity contribution is 7.80. The minimum atomic E-state index is -0.0872. The number of nitrogens with zero attached hydrogens (tertiary/aromatic N) is 1. The van der Waals surface area contributed by atoms with Gasteiger partial charge in [-0.15, -0.1) is 0 Å². The molecular formula is C17H24N4OS. The summed E-state index contributed by atoms with van der Waals surface area (Å²) in [5, 5.41) is 4.70. The molecule has 2 aromatic rings. The molecule has 1 aromatic carbocycles. The number of amides is 1. The maximum atomic E-state index is 11.9. The first-order valence-electron chi connectivity index (χ1n) is 7.93. The molecule has 1 heterocycles. The molecule has 0 spiro atoms. The Kier molecular flexibility index (Phi) is 6.40. The van der Waals surface area contributed by atoms with E-state index >= 15 is 0 Å². The van der Waals surface area contributed by atoms with Crippen molar-refractivity contribution in [2.75, 3.05) is 6.54 Å². The summed E-state index contributed by atoms with van der Waals surface area (Å²) in [5.41, 5.74) is 6.50. The van der Waals surface area contributed by atoms with E-state index in [0.29, 0.717) is 24.0 Å². The average molecular weight is 332 g/mol. The maximum Gasteiger partial charge on any atom is 0.240 e. The quantitative estimate of drug-likeness (QED) is 0.562. The van der Waals surface area contributed by atoms with Crippen molar-refractivity contribution in [3.05, 3.63) is 36.5 Å². The molecule has 0 radical (unpaired) electrons. The zero-order valence-corrected chi connectivity index (χ0v) is 14.5. The molecule has 5 nitrogen and oxygen atoms in total. The fourth-order valence-corrected chi connectivity index (χ4v) is 2.42. The third-order valence-corrected chi connectivity index (χ3v) is 3.83. The second kappa shape index (κ2) is 8.53. The molecule has 0 unspecified atom stereocenters. The van der Waals surface area contributed by atoms with E-state index in [1.807, 2.05) is 18.3 Å². The van der Waals surface area contributed by atoms with E-state index in [1.54, 1.807) is 0 Å². The van der Waals surface area contributed by atoms with Gasteiger partial charge in [-0.1, -0.05) is 32.0 Å². The predicted octanol–water partition coefficient (Wildman–Crippen LogP) is 2.57. The summed E-state index contributed by atoms with van der Waals surface area (Å²) >= 11 is 5.11. The number of carbonyl (C=O) groups is 1. The number of fused-ring (bicyclic) bond motifs is 1. The van der Waals surface area contributed by atoms with Crippen LogP contribution in [0.4, 0.5) is 0 Å². The minimum absolute atomic E-state index is 0.0872. The van der Waals surface area contributed by atoms with Gasteiger partial charge in [0.25, 0.3) is 0 Å². The first-order valence-corrected chi connectivity index (χ1v) is 8.33. The van der Waals surface area contributed by atoms with Gasteiger partial charge in [0.15, 0.2) is 5.11 Å². The van der Waals surface area contributed by atoms with Gasteiger partial charge in [0.05, 0.1) is 0 Å². The summed E-state index contributed by atoms with van der Waals surface area (Å²) in [7, 11) is 0. The molecule has 124 valence electrons. The van der Waals surface area contributed by atoms with Crippen LogP contribution in [-0.4, -0.2) is 22.1 Å². The number of benzene rings is 1. The standard InChI is InChI=1S/C17H24N4OS/c1-13(2)7-10-18-17(23)20-19-16(22)9-12-21-11-8-14-5-3-4-6-15(14)21/h3-6,8,11,13H,7,9-10,12H2,1-2H3,(H,19,22)(H2,18,20,23). The van der Waals surface area contributed by atoms with Gasteiger partial charge >= 0.3 is 0 Å². The lowest BCUT2D eigenvalue weighted by Gasteiger charge is -2.12. The largest absolute Gasteiger partial charge is 0.361 e. The van der Waals surface area contributed by atoms with Crippen LogP contribution in [-0.2, 0) is 11.3 Å². The van der Waals surface area contributed by atoms with Gasteiger partial charge < -0.3 is 9.88 Å². The average Bonchev–Trinajstić information content (AvgIpc) is 2.94. The molecule has 6 heteroatoms. The zero-order chi connectivity index (χ0) is 16.7. The Morgan fingerprint density at radius 2 is 2.00 bits per heavy atom. The molecule has 0 bridgehead atoms. The predicted molar refractivity (Wildman–Crippen MR) is 97.9 cm³/mol. The monoisotopic (exact) mass is 332 g/mol. The minimum Gasteiger partial charge on any atom is -0.361 e. The van der Waals surface area contributed by atoms with E-state index < -0.39 is 0 Å². The number of hydrogen-bond donors (Lipinski definition) is 3. The topological polar surface area (TPSA) is 58.1 Å². The Labute approximate surface area is 142 Å². The van der Waals surface area contributed by atoms with Crippen LogP contribution in [0.2, 0.25) is 0 Å². The van der Waals surface area contributed by atoms with Crippen molar-refractivity contribution < 1.29 is 4.79 Å². The molecule has 0 fully saturated rings. The molecule has 1 amide bonds. The number of thiocarbonyl (C=S) groups is 1. The summed E-state index contributed by atoms with van der Waals surface area (Å²) in [4.78, 5) is 11.9. The van der Waals surface area contributed by atoms with E-state index in [-0.39, 0.29) is 5.91 Å². The maximum absolute atomic E-state index is 11.9. The molecule has 0 atom stereocenters. The van der Waals surface area contributed by atoms with Crippen molar-refractivity contribution in [1.82, 2.24) is 20.7 Å². The van der Waals surface area contributed by atoms with Gasteiger partial charge in [-0.25, -0.2) is 0 Å². The molecule has 0 saturated heterocycles. The van der Waals surface area contributed by atoms with Crippen LogP contribution in [0, 0.1) is 5.92 Å². The van der Waals surface area contributed by atoms with Crippen LogP contribution in [0.5, 0.6) is 0 Å². The van der Waals surface area contributed by atoms with Crippen molar-refractivity contribution >= 4 is 34.1 Å². The SMILES string of the molecule is CC(C)CCNC(=S)NNC(=O)CCn1ccc2ccccc21. The number of hydrogen-bond acceptors (Lipinski definition) is 2. The number of para-hydroxylation sites is 1. The normalized spacial score (nSPS) is 10.7. The first kappa shape index (κ1) is 17.3. The van der Waals surface area contributed by atoms with E-state index in [0.717, 1.165) is 18.5 Å². The number of aromatic nitrogens is 1. The Morgan fingerprint density at radius 3 is 2.78 bits per heavy atom. The van der Waals surface area contributed by atoms with Crippen LogP contribution < -0.4 is 16.2 Å². The summed E-state index contributed by atoms with van der Waals surface area (Å²) in [6.07, 6.45) is 3.43. The van der Waals surface area contributed by atoms with Crippen LogP contribution in [0.25, 0.3) is 10.9 Å². The van der Waals surface area contributed by atoms with Crippen molar-refractivity contribution in [2.24, 2.45) is 5.92 Å². The van der Waals surface area contributed by atoms with Crippen molar-refractivity contribution in [3.63, 3.8) is 0 Å². The molecule has 0 saturated carbocycles. The highest BCUT2D eigenvalue weighted by atomic mass is 32.1. The Morgan fingerprint density at radius 1 is 1.22 bits per heavy atom. The van der Waals surface area contributed by atoms with Gasteiger partial charge in [0.1, 0.15) is 0 Å². The highest BCUT2D eigenvalue weighted by Gasteiger charge is 2.05. The number of aryl methyl sites for hydroxylation is 1. The summed E-state index contributed by atoms with van der Waals surface area (Å²) in [5.74, 6) is 0.534.